The van der Waals surface area contributed by atoms with Crippen molar-refractivity contribution in [3.8, 4) is 5.75 Å². The van der Waals surface area contributed by atoms with Crippen LogP contribution in [-0.2, 0) is 24.7 Å². The second kappa shape index (κ2) is 6.62. The number of hydrogen-bond acceptors (Lipinski definition) is 2. The summed E-state index contributed by atoms with van der Waals surface area (Å²) in [6.07, 6.45) is 9.17. The van der Waals surface area contributed by atoms with E-state index < -0.39 is 0 Å². The van der Waals surface area contributed by atoms with Crippen molar-refractivity contribution < 1.29 is 4.74 Å². The van der Waals surface area contributed by atoms with E-state index in [1.54, 1.807) is 23.8 Å². The van der Waals surface area contributed by atoms with Gasteiger partial charge in [0.15, 0.2) is 0 Å². The number of aromatic nitrogens is 1. The zero-order valence-electron chi connectivity index (χ0n) is 18.5. The molecule has 0 amide bonds. The van der Waals surface area contributed by atoms with Crippen LogP contribution < -0.4 is 4.74 Å². The van der Waals surface area contributed by atoms with Crippen molar-refractivity contribution in [2.45, 2.75) is 56.4 Å². The second-order valence-corrected chi connectivity index (χ2v) is 10.6. The molecule has 1 N–H and O–H groups in total. The first-order chi connectivity index (χ1) is 15.2. The number of ether oxygens (including phenoxy) is 1. The van der Waals surface area contributed by atoms with E-state index in [2.05, 4.69) is 52.3 Å². The molecule has 1 saturated heterocycles. The van der Waals surface area contributed by atoms with Crippen LogP contribution in [0.1, 0.15) is 48.1 Å². The summed E-state index contributed by atoms with van der Waals surface area (Å²) in [7, 11) is 1.81. The summed E-state index contributed by atoms with van der Waals surface area (Å²) in [6.45, 7) is 2.58. The molecule has 31 heavy (non-hydrogen) atoms. The number of fused-ring (bicyclic) bond motifs is 4. The molecule has 2 bridgehead atoms. The van der Waals surface area contributed by atoms with Crippen LogP contribution in [0.25, 0.3) is 10.9 Å². The van der Waals surface area contributed by atoms with Gasteiger partial charge in [-0.25, -0.2) is 0 Å². The van der Waals surface area contributed by atoms with Crippen molar-refractivity contribution in [2.75, 3.05) is 20.2 Å². The number of rotatable bonds is 3. The van der Waals surface area contributed by atoms with Crippen LogP contribution in [0.5, 0.6) is 5.75 Å². The summed E-state index contributed by atoms with van der Waals surface area (Å²) >= 11 is 0. The van der Waals surface area contributed by atoms with Gasteiger partial charge in [-0.3, -0.25) is 4.90 Å². The Morgan fingerprint density at radius 1 is 1.13 bits per heavy atom. The Morgan fingerprint density at radius 3 is 2.87 bits per heavy atom. The number of H-pyrrole nitrogens is 1. The van der Waals surface area contributed by atoms with E-state index in [-0.39, 0.29) is 5.41 Å². The maximum absolute atomic E-state index is 5.69. The van der Waals surface area contributed by atoms with Gasteiger partial charge in [-0.2, -0.15) is 0 Å². The van der Waals surface area contributed by atoms with Gasteiger partial charge in [0.2, 0.25) is 0 Å². The fourth-order valence-electron chi connectivity index (χ4n) is 7.53. The first-order valence-electron chi connectivity index (χ1n) is 12.2. The van der Waals surface area contributed by atoms with Crippen molar-refractivity contribution in [1.29, 1.82) is 0 Å². The van der Waals surface area contributed by atoms with Crippen molar-refractivity contribution in [3.05, 3.63) is 64.8 Å². The number of hydrogen-bond donors (Lipinski definition) is 1. The molecular formula is C28H32N2O. The number of aromatic amines is 1. The minimum absolute atomic E-state index is 0.247. The summed E-state index contributed by atoms with van der Waals surface area (Å²) in [6, 6.07) is 16.5. The van der Waals surface area contributed by atoms with E-state index in [4.69, 9.17) is 4.74 Å². The molecule has 1 aromatic heterocycles. The zero-order chi connectivity index (χ0) is 20.6. The Bertz CT molecular complexity index is 1160. The van der Waals surface area contributed by atoms with Gasteiger partial charge < -0.3 is 9.72 Å². The van der Waals surface area contributed by atoms with Crippen molar-refractivity contribution in [2.24, 2.45) is 11.8 Å². The average Bonchev–Trinajstić information content (AvgIpc) is 3.12. The number of nitrogens with one attached hydrogen (secondary N) is 1. The Labute approximate surface area is 184 Å². The van der Waals surface area contributed by atoms with E-state index in [1.807, 2.05) is 0 Å². The lowest BCUT2D eigenvalue weighted by Crippen LogP contribution is -2.63. The third-order valence-electron chi connectivity index (χ3n) is 9.31. The molecule has 3 nitrogen and oxygen atoms in total. The molecule has 3 aliphatic carbocycles. The Hall–Kier alpha value is -2.26. The van der Waals surface area contributed by atoms with E-state index in [9.17, 15) is 0 Å². The van der Waals surface area contributed by atoms with Crippen LogP contribution in [0.4, 0.5) is 0 Å². The van der Waals surface area contributed by atoms with Crippen LogP contribution in [0.15, 0.2) is 42.5 Å². The number of para-hydroxylation sites is 1. The van der Waals surface area contributed by atoms with Gasteiger partial charge in [0, 0.05) is 34.6 Å². The van der Waals surface area contributed by atoms with E-state index in [0.717, 1.165) is 18.1 Å². The largest absolute Gasteiger partial charge is 0.497 e. The molecule has 0 spiro atoms. The van der Waals surface area contributed by atoms with E-state index in [1.165, 1.54) is 68.2 Å². The summed E-state index contributed by atoms with van der Waals surface area (Å²) in [5.74, 6) is 2.66. The molecule has 3 heteroatoms. The minimum atomic E-state index is 0.247. The molecule has 160 valence electrons. The first kappa shape index (κ1) is 18.3. The number of likely N-dealkylation sites (tertiary alicyclic amines) is 1. The molecule has 0 unspecified atom stereocenters. The molecule has 3 aromatic rings. The van der Waals surface area contributed by atoms with Crippen LogP contribution >= 0.6 is 0 Å². The number of piperidine rings is 1. The van der Waals surface area contributed by atoms with Crippen LogP contribution in [-0.4, -0.2) is 36.1 Å². The molecule has 7 rings (SSSR count). The van der Waals surface area contributed by atoms with E-state index in [0.29, 0.717) is 12.0 Å². The van der Waals surface area contributed by atoms with Crippen LogP contribution in [0.3, 0.4) is 0 Å². The predicted molar refractivity (Wildman–Crippen MR) is 125 cm³/mol. The standard InChI is InChI=1S/C28H32N2O/c1-31-20-10-9-19-13-27-24-15-22-21-7-2-3-8-25(21)29-26(22)16-28(24,23(19)14-20)11-12-30(27)17-18-5-4-6-18/h2-3,7-10,14,18,24,27,29H,4-6,11-13,15-17H2,1H3/t24-,27+,28+/m0/s1. The molecule has 2 heterocycles. The Morgan fingerprint density at radius 2 is 2.03 bits per heavy atom. The van der Waals surface area contributed by atoms with Gasteiger partial charge in [0.05, 0.1) is 7.11 Å². The SMILES string of the molecule is COc1ccc2c(c1)[C@]13CCN(CC4CCC4)[C@H](C2)[C@@H]1Cc1c([nH]c2ccccc12)C3. The Kier molecular flexibility index (Phi) is 3.91. The molecule has 3 atom stereocenters. The summed E-state index contributed by atoms with van der Waals surface area (Å²) < 4.78 is 5.69. The minimum Gasteiger partial charge on any atom is -0.497 e. The van der Waals surface area contributed by atoms with Crippen LogP contribution in [0.2, 0.25) is 0 Å². The highest BCUT2D eigenvalue weighted by molar-refractivity contribution is 5.85. The van der Waals surface area contributed by atoms with Crippen molar-refractivity contribution in [1.82, 2.24) is 9.88 Å². The maximum atomic E-state index is 5.69. The smallest absolute Gasteiger partial charge is 0.119 e. The number of methoxy groups -OCH3 is 1. The lowest BCUT2D eigenvalue weighted by atomic mass is 9.52. The van der Waals surface area contributed by atoms with Gasteiger partial charge in [-0.15, -0.1) is 0 Å². The molecule has 0 radical (unpaired) electrons. The monoisotopic (exact) mass is 412 g/mol. The summed E-state index contributed by atoms with van der Waals surface area (Å²) in [5.41, 5.74) is 7.80. The lowest BCUT2D eigenvalue weighted by Gasteiger charge is -2.59. The molecule has 2 aromatic carbocycles. The highest BCUT2D eigenvalue weighted by Gasteiger charge is 2.55. The van der Waals surface area contributed by atoms with Crippen molar-refractivity contribution >= 4 is 10.9 Å². The number of benzene rings is 2. The Balaban J connectivity index is 1.38. The van der Waals surface area contributed by atoms with Crippen LogP contribution in [0, 0.1) is 11.8 Å². The highest BCUT2D eigenvalue weighted by Crippen LogP contribution is 2.56. The van der Waals surface area contributed by atoms with Gasteiger partial charge in [0.1, 0.15) is 5.75 Å². The summed E-state index contributed by atoms with van der Waals surface area (Å²) in [5, 5.41) is 1.45. The summed E-state index contributed by atoms with van der Waals surface area (Å²) in [4.78, 5) is 6.73. The van der Waals surface area contributed by atoms with Gasteiger partial charge in [0.25, 0.3) is 0 Å². The fraction of sp³-hybridized carbons (Fsp3) is 0.500. The fourth-order valence-corrected chi connectivity index (χ4v) is 7.53. The molecule has 1 saturated carbocycles. The quantitative estimate of drug-likeness (QED) is 0.636. The molecule has 2 fully saturated rings. The zero-order valence-corrected chi connectivity index (χ0v) is 18.5. The third kappa shape index (κ3) is 2.56. The maximum Gasteiger partial charge on any atom is 0.119 e. The number of nitrogens with zero attached hydrogens (tertiary/aromatic N) is 1. The molecular weight excluding hydrogens is 380 g/mol. The molecule has 4 aliphatic rings. The van der Waals surface area contributed by atoms with Gasteiger partial charge in [-0.05, 0) is 91.8 Å². The first-order valence-corrected chi connectivity index (χ1v) is 12.2. The predicted octanol–water partition coefficient (Wildman–Crippen LogP) is 5.26. The second-order valence-electron chi connectivity index (χ2n) is 10.6. The highest BCUT2D eigenvalue weighted by atomic mass is 16.5. The van der Waals surface area contributed by atoms with Gasteiger partial charge >= 0.3 is 0 Å². The average molecular weight is 413 g/mol. The topological polar surface area (TPSA) is 28.3 Å². The van der Waals surface area contributed by atoms with Gasteiger partial charge in [-0.1, -0.05) is 30.7 Å². The van der Waals surface area contributed by atoms with E-state index >= 15 is 0 Å². The third-order valence-corrected chi connectivity index (χ3v) is 9.31. The molecule has 1 aliphatic heterocycles. The normalized spacial score (nSPS) is 29.7. The lowest BCUT2D eigenvalue weighted by molar-refractivity contribution is -0.00774. The van der Waals surface area contributed by atoms with Crippen molar-refractivity contribution in [3.63, 3.8) is 0 Å².